The highest BCUT2D eigenvalue weighted by Gasteiger charge is 2.14. The van der Waals surface area contributed by atoms with E-state index in [4.69, 9.17) is 0 Å². The van der Waals surface area contributed by atoms with Crippen LogP contribution in [0.2, 0.25) is 0 Å². The molecule has 1 heterocycles. The molecule has 0 aliphatic carbocycles. The molecule has 16 heavy (non-hydrogen) atoms. The quantitative estimate of drug-likeness (QED) is 0.801. The van der Waals surface area contributed by atoms with Crippen molar-refractivity contribution in [3.63, 3.8) is 0 Å². The van der Waals surface area contributed by atoms with Gasteiger partial charge in [-0.25, -0.2) is 9.97 Å². The Balaban J connectivity index is 2.57. The third-order valence-electron chi connectivity index (χ3n) is 2.70. The van der Waals surface area contributed by atoms with Crippen molar-refractivity contribution in [2.75, 3.05) is 6.54 Å². The number of hydrogen-bond donors (Lipinski definition) is 1. The van der Waals surface area contributed by atoms with Crippen LogP contribution in [0.15, 0.2) is 12.4 Å². The van der Waals surface area contributed by atoms with E-state index in [1.165, 1.54) is 0 Å². The fourth-order valence-corrected chi connectivity index (χ4v) is 1.59. The van der Waals surface area contributed by atoms with Crippen LogP contribution < -0.4 is 5.32 Å². The molecule has 0 aliphatic heterocycles. The van der Waals surface area contributed by atoms with Gasteiger partial charge in [0.05, 0.1) is 0 Å². The summed E-state index contributed by atoms with van der Waals surface area (Å²) < 4.78 is 0. The van der Waals surface area contributed by atoms with E-state index in [2.05, 4.69) is 36.1 Å². The van der Waals surface area contributed by atoms with Crippen molar-refractivity contribution in [3.05, 3.63) is 23.8 Å². The number of hydrogen-bond acceptors (Lipinski definition) is 3. The Bertz CT molecular complexity index is 293. The molecule has 3 nitrogen and oxygen atoms in total. The van der Waals surface area contributed by atoms with Gasteiger partial charge >= 0.3 is 0 Å². The lowest BCUT2D eigenvalue weighted by Crippen LogP contribution is -2.36. The molecule has 1 aromatic rings. The lowest BCUT2D eigenvalue weighted by atomic mass is 10.0. The van der Waals surface area contributed by atoms with E-state index in [9.17, 15) is 0 Å². The largest absolute Gasteiger partial charge is 0.313 e. The van der Waals surface area contributed by atoms with Crippen molar-refractivity contribution in [2.24, 2.45) is 5.92 Å². The lowest BCUT2D eigenvalue weighted by molar-refractivity contribution is 0.391. The first-order valence-corrected chi connectivity index (χ1v) is 6.14. The molecule has 0 saturated carbocycles. The monoisotopic (exact) mass is 221 g/mol. The fraction of sp³-hybridized carbons (Fsp3) is 0.692. The highest BCUT2D eigenvalue weighted by atomic mass is 14.9. The van der Waals surface area contributed by atoms with Crippen LogP contribution in [-0.2, 0) is 6.42 Å². The first-order chi connectivity index (χ1) is 7.63. The Morgan fingerprint density at radius 3 is 2.38 bits per heavy atom. The van der Waals surface area contributed by atoms with Crippen LogP contribution in [0, 0.1) is 12.8 Å². The van der Waals surface area contributed by atoms with Crippen LogP contribution >= 0.6 is 0 Å². The van der Waals surface area contributed by atoms with Gasteiger partial charge in [0.1, 0.15) is 5.82 Å². The Kier molecular flexibility index (Phi) is 5.39. The molecule has 3 heteroatoms. The topological polar surface area (TPSA) is 37.8 Å². The minimum atomic E-state index is 0.475. The molecule has 1 rings (SSSR count). The Morgan fingerprint density at radius 2 is 1.88 bits per heavy atom. The number of nitrogens with zero attached hydrogens (tertiary/aromatic N) is 2. The van der Waals surface area contributed by atoms with Crippen LogP contribution in [0.1, 0.15) is 38.6 Å². The number of aromatic nitrogens is 2. The molecule has 0 spiro atoms. The first-order valence-electron chi connectivity index (χ1n) is 6.14. The third kappa shape index (κ3) is 4.27. The molecule has 90 valence electrons. The molecule has 0 bridgehead atoms. The van der Waals surface area contributed by atoms with Crippen molar-refractivity contribution in [1.29, 1.82) is 0 Å². The summed E-state index contributed by atoms with van der Waals surface area (Å²) in [6.07, 6.45) is 5.86. The van der Waals surface area contributed by atoms with Gasteiger partial charge in [0.2, 0.25) is 0 Å². The second kappa shape index (κ2) is 6.59. The number of aryl methyl sites for hydroxylation is 1. The van der Waals surface area contributed by atoms with E-state index in [1.807, 2.05) is 19.3 Å². The molecule has 0 radical (unpaired) electrons. The highest BCUT2D eigenvalue weighted by molar-refractivity contribution is 5.03. The molecule has 0 amide bonds. The summed E-state index contributed by atoms with van der Waals surface area (Å²) in [6.45, 7) is 9.74. The zero-order valence-electron chi connectivity index (χ0n) is 10.8. The second-order valence-corrected chi connectivity index (χ2v) is 4.69. The highest BCUT2D eigenvalue weighted by Crippen LogP contribution is 2.07. The van der Waals surface area contributed by atoms with Crippen molar-refractivity contribution in [3.8, 4) is 0 Å². The van der Waals surface area contributed by atoms with Crippen LogP contribution in [-0.4, -0.2) is 22.6 Å². The van der Waals surface area contributed by atoms with Crippen LogP contribution in [0.5, 0.6) is 0 Å². The average Bonchev–Trinajstić information content (AvgIpc) is 2.26. The normalized spacial score (nSPS) is 13.1. The summed E-state index contributed by atoms with van der Waals surface area (Å²) in [4.78, 5) is 8.71. The summed E-state index contributed by atoms with van der Waals surface area (Å²) in [5.74, 6) is 1.55. The van der Waals surface area contributed by atoms with Gasteiger partial charge in [-0.3, -0.25) is 0 Å². The molecule has 0 aromatic carbocycles. The van der Waals surface area contributed by atoms with Gasteiger partial charge in [-0.1, -0.05) is 20.8 Å². The summed E-state index contributed by atoms with van der Waals surface area (Å²) in [6, 6.07) is 0.475. The summed E-state index contributed by atoms with van der Waals surface area (Å²) in [5.41, 5.74) is 1.12. The molecule has 1 N–H and O–H groups in total. The standard InChI is InChI=1S/C13H23N3/c1-5-6-14-12(10(2)3)7-13-15-8-11(4)9-16-13/h8-10,12,14H,5-7H2,1-4H3. The summed E-state index contributed by atoms with van der Waals surface area (Å²) in [5, 5.41) is 3.55. The Morgan fingerprint density at radius 1 is 1.25 bits per heavy atom. The Labute approximate surface area is 98.7 Å². The van der Waals surface area contributed by atoms with Crippen LogP contribution in [0.3, 0.4) is 0 Å². The molecule has 0 aliphatic rings. The van der Waals surface area contributed by atoms with Crippen molar-refractivity contribution < 1.29 is 0 Å². The zero-order chi connectivity index (χ0) is 12.0. The van der Waals surface area contributed by atoms with Crippen molar-refractivity contribution in [1.82, 2.24) is 15.3 Å². The predicted molar refractivity (Wildman–Crippen MR) is 67.4 cm³/mol. The Hall–Kier alpha value is -0.960. The van der Waals surface area contributed by atoms with Gasteiger partial charge in [-0.2, -0.15) is 0 Å². The SMILES string of the molecule is CCCNC(Cc1ncc(C)cn1)C(C)C. The maximum Gasteiger partial charge on any atom is 0.129 e. The maximum atomic E-state index is 4.36. The van der Waals surface area contributed by atoms with Crippen molar-refractivity contribution >= 4 is 0 Å². The summed E-state index contributed by atoms with van der Waals surface area (Å²) in [7, 11) is 0. The van der Waals surface area contributed by atoms with Gasteiger partial charge in [0.25, 0.3) is 0 Å². The molecular weight excluding hydrogens is 198 g/mol. The minimum absolute atomic E-state index is 0.475. The van der Waals surface area contributed by atoms with Gasteiger partial charge in [-0.05, 0) is 31.4 Å². The average molecular weight is 221 g/mol. The molecule has 0 saturated heterocycles. The number of nitrogens with one attached hydrogen (secondary N) is 1. The van der Waals surface area contributed by atoms with Gasteiger partial charge in [0.15, 0.2) is 0 Å². The van der Waals surface area contributed by atoms with Gasteiger partial charge in [0, 0.05) is 24.9 Å². The van der Waals surface area contributed by atoms with E-state index < -0.39 is 0 Å². The predicted octanol–water partition coefficient (Wildman–Crippen LogP) is 2.35. The lowest BCUT2D eigenvalue weighted by Gasteiger charge is -2.21. The molecule has 1 unspecified atom stereocenters. The smallest absolute Gasteiger partial charge is 0.129 e. The van der Waals surface area contributed by atoms with E-state index in [1.54, 1.807) is 0 Å². The molecule has 1 atom stereocenters. The van der Waals surface area contributed by atoms with E-state index in [0.29, 0.717) is 12.0 Å². The molecular formula is C13H23N3. The minimum Gasteiger partial charge on any atom is -0.313 e. The van der Waals surface area contributed by atoms with E-state index in [-0.39, 0.29) is 0 Å². The van der Waals surface area contributed by atoms with Crippen LogP contribution in [0.25, 0.3) is 0 Å². The van der Waals surface area contributed by atoms with Gasteiger partial charge < -0.3 is 5.32 Å². The first kappa shape index (κ1) is 13.1. The summed E-state index contributed by atoms with van der Waals surface area (Å²) >= 11 is 0. The zero-order valence-corrected chi connectivity index (χ0v) is 10.8. The molecule has 1 aromatic heterocycles. The molecule has 0 fully saturated rings. The van der Waals surface area contributed by atoms with Crippen LogP contribution in [0.4, 0.5) is 0 Å². The number of rotatable bonds is 6. The van der Waals surface area contributed by atoms with Crippen molar-refractivity contribution in [2.45, 2.75) is 46.6 Å². The fourth-order valence-electron chi connectivity index (χ4n) is 1.59. The second-order valence-electron chi connectivity index (χ2n) is 4.69. The van der Waals surface area contributed by atoms with E-state index in [0.717, 1.165) is 30.8 Å². The van der Waals surface area contributed by atoms with E-state index >= 15 is 0 Å². The van der Waals surface area contributed by atoms with Gasteiger partial charge in [-0.15, -0.1) is 0 Å². The third-order valence-corrected chi connectivity index (χ3v) is 2.70. The maximum absolute atomic E-state index is 4.36.